The van der Waals surface area contributed by atoms with Gasteiger partial charge in [0.2, 0.25) is 5.91 Å². The maximum Gasteiger partial charge on any atom is 0.242 e. The molecule has 0 spiro atoms. The van der Waals surface area contributed by atoms with Crippen LogP contribution in [0, 0.1) is 12.7 Å². The smallest absolute Gasteiger partial charge is 0.242 e. The van der Waals surface area contributed by atoms with Crippen LogP contribution in [0.1, 0.15) is 18.1 Å². The van der Waals surface area contributed by atoms with Crippen LogP contribution in [0.4, 0.5) is 10.1 Å². The number of ether oxygens (including phenoxy) is 2. The molecule has 1 amide bonds. The molecule has 0 aliphatic rings. The minimum absolute atomic E-state index is 0.110. The van der Waals surface area contributed by atoms with Crippen LogP contribution in [-0.4, -0.2) is 32.7 Å². The van der Waals surface area contributed by atoms with Gasteiger partial charge in [-0.05, 0) is 49.6 Å². The molecular weight excluding hydrogens is 335 g/mol. The van der Waals surface area contributed by atoms with Crippen LogP contribution >= 0.6 is 0 Å². The lowest BCUT2D eigenvalue weighted by Crippen LogP contribution is -2.38. The van der Waals surface area contributed by atoms with E-state index in [0.717, 1.165) is 16.8 Å². The van der Waals surface area contributed by atoms with E-state index in [0.29, 0.717) is 24.5 Å². The molecule has 0 saturated carbocycles. The van der Waals surface area contributed by atoms with E-state index in [4.69, 9.17) is 9.47 Å². The number of nitrogens with one attached hydrogen (secondary N) is 2. The highest BCUT2D eigenvalue weighted by atomic mass is 19.1. The number of amides is 1. The normalized spacial score (nSPS) is 11.6. The van der Waals surface area contributed by atoms with Crippen molar-refractivity contribution in [3.8, 4) is 11.5 Å². The molecule has 1 atom stereocenters. The van der Waals surface area contributed by atoms with E-state index in [-0.39, 0.29) is 11.7 Å². The van der Waals surface area contributed by atoms with Crippen molar-refractivity contribution in [1.82, 2.24) is 5.32 Å². The summed E-state index contributed by atoms with van der Waals surface area (Å²) < 4.78 is 23.5. The average Bonchev–Trinajstić information content (AvgIpc) is 2.64. The molecule has 2 aromatic rings. The van der Waals surface area contributed by atoms with Crippen LogP contribution in [0.3, 0.4) is 0 Å². The Kier molecular flexibility index (Phi) is 6.83. The highest BCUT2D eigenvalue weighted by molar-refractivity contribution is 5.84. The molecule has 140 valence electrons. The molecule has 26 heavy (non-hydrogen) atoms. The van der Waals surface area contributed by atoms with Crippen LogP contribution in [0.25, 0.3) is 0 Å². The highest BCUT2D eigenvalue weighted by Crippen LogP contribution is 2.33. The Morgan fingerprint density at radius 2 is 1.73 bits per heavy atom. The van der Waals surface area contributed by atoms with Gasteiger partial charge in [0.25, 0.3) is 0 Å². The molecule has 2 N–H and O–H groups in total. The van der Waals surface area contributed by atoms with E-state index in [1.165, 1.54) is 12.1 Å². The summed E-state index contributed by atoms with van der Waals surface area (Å²) in [6, 6.07) is 9.53. The van der Waals surface area contributed by atoms with E-state index >= 15 is 0 Å². The van der Waals surface area contributed by atoms with Crippen LogP contribution in [0.15, 0.2) is 36.4 Å². The number of benzene rings is 2. The summed E-state index contributed by atoms with van der Waals surface area (Å²) in [7, 11) is 3.16. The Bertz CT molecular complexity index is 747. The van der Waals surface area contributed by atoms with Crippen molar-refractivity contribution in [2.24, 2.45) is 0 Å². The Labute approximate surface area is 153 Å². The molecule has 0 aliphatic heterocycles. The van der Waals surface area contributed by atoms with Gasteiger partial charge in [-0.2, -0.15) is 0 Å². The molecule has 2 rings (SSSR count). The number of hydrogen-bond donors (Lipinski definition) is 2. The van der Waals surface area contributed by atoms with E-state index < -0.39 is 6.04 Å². The SMILES string of the molecule is COc1cc(C)c(NC(C)C(=O)NCCc2ccc(F)cc2)cc1OC. The molecule has 2 aromatic carbocycles. The van der Waals surface area contributed by atoms with Crippen molar-refractivity contribution in [2.75, 3.05) is 26.1 Å². The van der Waals surface area contributed by atoms with Crippen LogP contribution in [-0.2, 0) is 11.2 Å². The lowest BCUT2D eigenvalue weighted by molar-refractivity contribution is -0.121. The first kappa shape index (κ1) is 19.6. The molecule has 5 nitrogen and oxygen atoms in total. The first-order chi connectivity index (χ1) is 12.4. The zero-order chi connectivity index (χ0) is 19.1. The lowest BCUT2D eigenvalue weighted by Gasteiger charge is -2.19. The van der Waals surface area contributed by atoms with Crippen molar-refractivity contribution in [2.45, 2.75) is 26.3 Å². The second-order valence-corrected chi connectivity index (χ2v) is 6.06. The summed E-state index contributed by atoms with van der Waals surface area (Å²) in [6.45, 7) is 4.22. The van der Waals surface area contributed by atoms with Crippen molar-refractivity contribution < 1.29 is 18.7 Å². The predicted molar refractivity (Wildman–Crippen MR) is 100 cm³/mol. The van der Waals surface area contributed by atoms with Crippen LogP contribution in [0.5, 0.6) is 11.5 Å². The van der Waals surface area contributed by atoms with E-state index in [9.17, 15) is 9.18 Å². The van der Waals surface area contributed by atoms with Crippen molar-refractivity contribution in [3.63, 3.8) is 0 Å². The first-order valence-corrected chi connectivity index (χ1v) is 8.46. The summed E-state index contributed by atoms with van der Waals surface area (Å²) in [6.07, 6.45) is 0.647. The maximum atomic E-state index is 12.9. The van der Waals surface area contributed by atoms with Crippen LogP contribution < -0.4 is 20.1 Å². The molecule has 6 heteroatoms. The Morgan fingerprint density at radius 1 is 1.12 bits per heavy atom. The van der Waals surface area contributed by atoms with Crippen LogP contribution in [0.2, 0.25) is 0 Å². The summed E-state index contributed by atoms with van der Waals surface area (Å²) >= 11 is 0. The number of methoxy groups -OCH3 is 2. The fraction of sp³-hybridized carbons (Fsp3) is 0.350. The summed E-state index contributed by atoms with van der Waals surface area (Å²) in [5, 5.41) is 6.08. The summed E-state index contributed by atoms with van der Waals surface area (Å²) in [4.78, 5) is 12.3. The highest BCUT2D eigenvalue weighted by Gasteiger charge is 2.15. The summed E-state index contributed by atoms with van der Waals surface area (Å²) in [5.41, 5.74) is 2.74. The number of aryl methyl sites for hydroxylation is 1. The maximum absolute atomic E-state index is 12.9. The monoisotopic (exact) mass is 360 g/mol. The number of carbonyl (C=O) groups excluding carboxylic acids is 1. The number of anilines is 1. The molecule has 0 fully saturated rings. The fourth-order valence-electron chi connectivity index (χ4n) is 2.57. The molecule has 0 heterocycles. The van der Waals surface area contributed by atoms with Gasteiger partial charge in [0.15, 0.2) is 11.5 Å². The zero-order valence-corrected chi connectivity index (χ0v) is 15.6. The van der Waals surface area contributed by atoms with Gasteiger partial charge in [0.1, 0.15) is 11.9 Å². The molecule has 0 radical (unpaired) electrons. The number of halogens is 1. The van der Waals surface area contributed by atoms with Crippen molar-refractivity contribution in [1.29, 1.82) is 0 Å². The Balaban J connectivity index is 1.91. The number of carbonyl (C=O) groups is 1. The third-order valence-corrected chi connectivity index (χ3v) is 4.12. The number of rotatable bonds is 8. The molecular formula is C20H25FN2O3. The third-order valence-electron chi connectivity index (χ3n) is 4.12. The summed E-state index contributed by atoms with van der Waals surface area (Å²) in [5.74, 6) is 0.874. The van der Waals surface area contributed by atoms with Gasteiger partial charge in [-0.3, -0.25) is 4.79 Å². The molecule has 0 saturated heterocycles. The largest absolute Gasteiger partial charge is 0.493 e. The standard InChI is InChI=1S/C20H25FN2O3/c1-13-11-18(25-3)19(26-4)12-17(13)23-14(2)20(24)22-10-9-15-5-7-16(21)8-6-15/h5-8,11-12,14,23H,9-10H2,1-4H3,(H,22,24). The first-order valence-electron chi connectivity index (χ1n) is 8.46. The second-order valence-electron chi connectivity index (χ2n) is 6.06. The van der Waals surface area contributed by atoms with Gasteiger partial charge >= 0.3 is 0 Å². The molecule has 1 unspecified atom stereocenters. The number of hydrogen-bond acceptors (Lipinski definition) is 4. The third kappa shape index (κ3) is 5.12. The van der Waals surface area contributed by atoms with Crippen molar-refractivity contribution >= 4 is 11.6 Å². The lowest BCUT2D eigenvalue weighted by atomic mass is 10.1. The zero-order valence-electron chi connectivity index (χ0n) is 15.6. The van der Waals surface area contributed by atoms with Gasteiger partial charge in [0, 0.05) is 18.3 Å². The minimum Gasteiger partial charge on any atom is -0.493 e. The quantitative estimate of drug-likeness (QED) is 0.758. The van der Waals surface area contributed by atoms with Gasteiger partial charge in [0.05, 0.1) is 14.2 Å². The molecule has 0 aromatic heterocycles. The molecule has 0 aliphatic carbocycles. The predicted octanol–water partition coefficient (Wildman–Crippen LogP) is 3.31. The van der Waals surface area contributed by atoms with E-state index in [1.54, 1.807) is 33.3 Å². The Hall–Kier alpha value is -2.76. The average molecular weight is 360 g/mol. The van der Waals surface area contributed by atoms with Gasteiger partial charge < -0.3 is 20.1 Å². The topological polar surface area (TPSA) is 59.6 Å². The van der Waals surface area contributed by atoms with E-state index in [1.807, 2.05) is 19.1 Å². The Morgan fingerprint density at radius 3 is 2.35 bits per heavy atom. The second kappa shape index (κ2) is 9.08. The van der Waals surface area contributed by atoms with Gasteiger partial charge in [-0.15, -0.1) is 0 Å². The van der Waals surface area contributed by atoms with E-state index in [2.05, 4.69) is 10.6 Å². The minimum atomic E-state index is -0.417. The van der Waals surface area contributed by atoms with Gasteiger partial charge in [-0.25, -0.2) is 4.39 Å². The van der Waals surface area contributed by atoms with Crippen molar-refractivity contribution in [3.05, 3.63) is 53.3 Å². The molecule has 0 bridgehead atoms. The fourth-order valence-corrected chi connectivity index (χ4v) is 2.57. The van der Waals surface area contributed by atoms with Gasteiger partial charge in [-0.1, -0.05) is 12.1 Å².